The summed E-state index contributed by atoms with van der Waals surface area (Å²) in [6.07, 6.45) is 7.96. The molecule has 3 fully saturated rings. The van der Waals surface area contributed by atoms with Crippen molar-refractivity contribution in [3.8, 4) is 0 Å². The summed E-state index contributed by atoms with van der Waals surface area (Å²) >= 11 is 0. The molecule has 0 spiro atoms. The van der Waals surface area contributed by atoms with E-state index in [0.717, 1.165) is 0 Å². The summed E-state index contributed by atoms with van der Waals surface area (Å²) in [6, 6.07) is 0. The average Bonchev–Trinajstić information content (AvgIpc) is 2.43. The van der Waals surface area contributed by atoms with Crippen molar-refractivity contribution in [2.24, 2.45) is 23.7 Å². The first kappa shape index (κ1) is 4.76. The van der Waals surface area contributed by atoms with Gasteiger partial charge in [0, 0.05) is 0 Å². The Bertz CT molecular complexity index is 137. The van der Waals surface area contributed by atoms with Crippen molar-refractivity contribution in [2.75, 3.05) is 0 Å². The minimum atomic E-state index is 1.20. The molecule has 0 heterocycles. The van der Waals surface area contributed by atoms with Crippen LogP contribution in [-0.2, 0) is 0 Å². The van der Waals surface area contributed by atoms with Gasteiger partial charge in [-0.1, -0.05) is 0 Å². The number of rotatable bonds is 0. The minimum absolute atomic E-state index is 1.20. The van der Waals surface area contributed by atoms with Gasteiger partial charge < -0.3 is 0 Å². The van der Waals surface area contributed by atoms with E-state index in [1.807, 2.05) is 0 Å². The van der Waals surface area contributed by atoms with E-state index in [1.54, 1.807) is 32.1 Å². The summed E-state index contributed by atoms with van der Waals surface area (Å²) in [5, 5.41) is 0. The zero-order valence-corrected chi connectivity index (χ0v) is 5.84. The smallest absolute Gasteiger partial charge is 0.0352 e. The maximum absolute atomic E-state index is 1.61. The Morgan fingerprint density at radius 1 is 0.667 bits per heavy atom. The molecule has 0 aromatic heterocycles. The third-order valence-electron chi connectivity index (χ3n) is 3.91. The Morgan fingerprint density at radius 3 is 2.11 bits per heavy atom. The van der Waals surface area contributed by atoms with Gasteiger partial charge >= 0.3 is 0 Å². The highest BCUT2D eigenvalue weighted by atomic mass is 14.6. The van der Waals surface area contributed by atoms with Crippen LogP contribution in [0.4, 0.5) is 0 Å². The van der Waals surface area contributed by atoms with Crippen molar-refractivity contribution in [3.05, 3.63) is 0 Å². The molecule has 0 bridgehead atoms. The van der Waals surface area contributed by atoms with E-state index in [0.29, 0.717) is 0 Å². The molecule has 50 valence electrons. The fourth-order valence-electron chi connectivity index (χ4n) is 3.07. The number of fused-ring (bicyclic) bond motifs is 3. The van der Waals surface area contributed by atoms with Gasteiger partial charge in [-0.05, 0) is 55.8 Å². The van der Waals surface area contributed by atoms with E-state index in [1.165, 1.54) is 23.7 Å². The van der Waals surface area contributed by atoms with Gasteiger partial charge in [0.2, 0.25) is 0 Å². The van der Waals surface area contributed by atoms with E-state index in [2.05, 4.69) is 0 Å². The van der Waals surface area contributed by atoms with Gasteiger partial charge in [0.1, 0.15) is 0 Å². The highest BCUT2D eigenvalue weighted by Crippen LogP contribution is 2.61. The molecule has 0 radical (unpaired) electrons. The van der Waals surface area contributed by atoms with E-state index in [9.17, 15) is 0 Å². The van der Waals surface area contributed by atoms with Gasteiger partial charge in [0.25, 0.3) is 0 Å². The van der Waals surface area contributed by atoms with Crippen LogP contribution in [0.1, 0.15) is 32.1 Å². The molecule has 0 heteroatoms. The summed E-state index contributed by atoms with van der Waals surface area (Å²) < 4.78 is 0. The van der Waals surface area contributed by atoms with Crippen LogP contribution < -0.4 is 0 Å². The first-order valence-electron chi connectivity index (χ1n) is 4.45. The molecule has 3 saturated carbocycles. The lowest BCUT2D eigenvalue weighted by molar-refractivity contribution is 0.102. The van der Waals surface area contributed by atoms with Crippen molar-refractivity contribution < 1.29 is 0 Å². The third kappa shape index (κ3) is 0.500. The Hall–Kier alpha value is 0. The summed E-state index contributed by atoms with van der Waals surface area (Å²) in [7, 11) is 0. The molecule has 4 unspecified atom stereocenters. The van der Waals surface area contributed by atoms with Crippen LogP contribution in [0.2, 0.25) is 0 Å². The fourth-order valence-corrected chi connectivity index (χ4v) is 3.07. The Kier molecular flexibility index (Phi) is 0.717. The molecule has 0 N–H and O–H groups in total. The Morgan fingerprint density at radius 2 is 1.44 bits per heavy atom. The second kappa shape index (κ2) is 1.36. The monoisotopic (exact) mass is 122 g/mol. The van der Waals surface area contributed by atoms with Gasteiger partial charge in [0.05, 0.1) is 0 Å². The normalized spacial score (nSPS) is 61.3. The number of hydrogen-bond acceptors (Lipinski definition) is 0. The Balaban J connectivity index is 1.82. The lowest BCUT2D eigenvalue weighted by Crippen LogP contribution is -2.30. The zero-order chi connectivity index (χ0) is 5.84. The molecule has 4 atom stereocenters. The summed E-state index contributed by atoms with van der Waals surface area (Å²) in [5.41, 5.74) is 0. The molecule has 3 rings (SSSR count). The lowest BCUT2D eigenvalue weighted by Gasteiger charge is -2.40. The van der Waals surface area contributed by atoms with Crippen molar-refractivity contribution in [1.82, 2.24) is 0 Å². The third-order valence-corrected chi connectivity index (χ3v) is 3.91. The largest absolute Gasteiger partial charge is 0.0499 e. The fraction of sp³-hybridized carbons (Fsp3) is 1.00. The quantitative estimate of drug-likeness (QED) is 0.463. The van der Waals surface area contributed by atoms with Crippen LogP contribution in [0, 0.1) is 23.7 Å². The van der Waals surface area contributed by atoms with E-state index in [-0.39, 0.29) is 0 Å². The SMILES string of the molecule is C1CC2CC2C2CCC12. The minimum Gasteiger partial charge on any atom is -0.0499 e. The predicted molar refractivity (Wildman–Crippen MR) is 37.0 cm³/mol. The van der Waals surface area contributed by atoms with Gasteiger partial charge in [-0.2, -0.15) is 0 Å². The van der Waals surface area contributed by atoms with Gasteiger partial charge in [-0.25, -0.2) is 0 Å². The molecule has 0 nitrogen and oxygen atoms in total. The van der Waals surface area contributed by atoms with Crippen LogP contribution in [0.3, 0.4) is 0 Å². The highest BCUT2D eigenvalue weighted by molar-refractivity contribution is 5.02. The molecule has 0 saturated heterocycles. The second-order valence-corrected chi connectivity index (χ2v) is 4.24. The maximum Gasteiger partial charge on any atom is -0.0352 e. The molecular weight excluding hydrogens is 108 g/mol. The molecule has 9 heavy (non-hydrogen) atoms. The van der Waals surface area contributed by atoms with Crippen molar-refractivity contribution >= 4 is 0 Å². The molecule has 0 amide bonds. The van der Waals surface area contributed by atoms with Crippen LogP contribution in [0.15, 0.2) is 0 Å². The second-order valence-electron chi connectivity index (χ2n) is 4.24. The maximum atomic E-state index is 1.61. The molecule has 0 aliphatic heterocycles. The molecular formula is C9H14. The summed E-state index contributed by atoms with van der Waals surface area (Å²) in [5.74, 6) is 4.88. The van der Waals surface area contributed by atoms with Crippen molar-refractivity contribution in [3.63, 3.8) is 0 Å². The summed E-state index contributed by atoms with van der Waals surface area (Å²) in [6.45, 7) is 0. The number of hydrogen-bond donors (Lipinski definition) is 0. The van der Waals surface area contributed by atoms with Crippen LogP contribution in [-0.4, -0.2) is 0 Å². The molecule has 3 aliphatic rings. The topological polar surface area (TPSA) is 0 Å². The van der Waals surface area contributed by atoms with Gasteiger partial charge in [-0.3, -0.25) is 0 Å². The van der Waals surface area contributed by atoms with E-state index < -0.39 is 0 Å². The van der Waals surface area contributed by atoms with Crippen molar-refractivity contribution in [1.29, 1.82) is 0 Å². The highest BCUT2D eigenvalue weighted by Gasteiger charge is 2.52. The molecule has 3 aliphatic carbocycles. The van der Waals surface area contributed by atoms with Crippen LogP contribution >= 0.6 is 0 Å². The predicted octanol–water partition coefficient (Wildman–Crippen LogP) is 2.44. The summed E-state index contributed by atoms with van der Waals surface area (Å²) in [4.78, 5) is 0. The first-order chi connectivity index (χ1) is 4.45. The van der Waals surface area contributed by atoms with Crippen molar-refractivity contribution in [2.45, 2.75) is 32.1 Å². The van der Waals surface area contributed by atoms with Gasteiger partial charge in [0.15, 0.2) is 0 Å². The first-order valence-corrected chi connectivity index (χ1v) is 4.45. The average molecular weight is 122 g/mol. The standard InChI is InChI=1S/C9H14/c1-2-7-5-9(7)8-4-3-6(1)8/h6-9H,1-5H2. The zero-order valence-electron chi connectivity index (χ0n) is 5.84. The molecule has 0 aromatic rings. The molecule has 0 aromatic carbocycles. The Labute approximate surface area is 56.6 Å². The van der Waals surface area contributed by atoms with E-state index in [4.69, 9.17) is 0 Å². The lowest BCUT2D eigenvalue weighted by atomic mass is 9.65. The van der Waals surface area contributed by atoms with Crippen LogP contribution in [0.5, 0.6) is 0 Å². The van der Waals surface area contributed by atoms with Crippen LogP contribution in [0.25, 0.3) is 0 Å². The van der Waals surface area contributed by atoms with Gasteiger partial charge in [-0.15, -0.1) is 0 Å². The van der Waals surface area contributed by atoms with E-state index >= 15 is 0 Å².